The van der Waals surface area contributed by atoms with Crippen molar-refractivity contribution >= 4 is 17.5 Å². The normalized spacial score (nSPS) is 13.9. The molecule has 2 amide bonds. The molecule has 7 heteroatoms. The lowest BCUT2D eigenvalue weighted by Crippen LogP contribution is -2.35. The molecule has 0 spiro atoms. The highest BCUT2D eigenvalue weighted by molar-refractivity contribution is 6.04. The number of hydrogen-bond donors (Lipinski definition) is 1. The van der Waals surface area contributed by atoms with Gasteiger partial charge in [-0.1, -0.05) is 29.0 Å². The summed E-state index contributed by atoms with van der Waals surface area (Å²) in [5.41, 5.74) is 4.04. The minimum atomic E-state index is -0.353. The molecule has 0 radical (unpaired) electrons. The summed E-state index contributed by atoms with van der Waals surface area (Å²) >= 11 is 0. The first kappa shape index (κ1) is 19.8. The topological polar surface area (TPSA) is 80.1 Å². The highest BCUT2D eigenvalue weighted by Crippen LogP contribution is 2.18. The number of carbonyl (C=O) groups excluding carboxylic acids is 2. The van der Waals surface area contributed by atoms with Gasteiger partial charge < -0.3 is 10.2 Å². The van der Waals surface area contributed by atoms with Crippen molar-refractivity contribution in [3.8, 4) is 5.69 Å². The third-order valence-electron chi connectivity index (χ3n) is 5.40. The van der Waals surface area contributed by atoms with E-state index in [4.69, 9.17) is 0 Å². The summed E-state index contributed by atoms with van der Waals surface area (Å²) in [7, 11) is 0. The lowest BCUT2D eigenvalue weighted by molar-refractivity contribution is 0.0724. The van der Waals surface area contributed by atoms with Gasteiger partial charge in [0.1, 0.15) is 0 Å². The first-order valence-corrected chi connectivity index (χ1v) is 10.2. The second-order valence-corrected chi connectivity index (χ2v) is 7.66. The van der Waals surface area contributed by atoms with Crippen molar-refractivity contribution in [2.24, 2.45) is 0 Å². The van der Waals surface area contributed by atoms with Crippen molar-refractivity contribution in [1.82, 2.24) is 19.9 Å². The maximum absolute atomic E-state index is 12.8. The number of amides is 2. The smallest absolute Gasteiger partial charge is 0.278 e. The van der Waals surface area contributed by atoms with Crippen molar-refractivity contribution in [1.29, 1.82) is 0 Å². The predicted octanol–water partition coefficient (Wildman–Crippen LogP) is 3.76. The molecular weight excluding hydrogens is 378 g/mol. The van der Waals surface area contributed by atoms with Crippen LogP contribution in [-0.4, -0.2) is 44.8 Å². The van der Waals surface area contributed by atoms with Crippen LogP contribution >= 0.6 is 0 Å². The van der Waals surface area contributed by atoms with Crippen LogP contribution in [0.15, 0.2) is 48.5 Å². The van der Waals surface area contributed by atoms with Crippen LogP contribution in [0, 0.1) is 13.8 Å². The molecule has 1 aliphatic heterocycles. The minimum absolute atomic E-state index is 0.00675. The molecule has 4 rings (SSSR count). The molecule has 3 aromatic rings. The molecule has 0 atom stereocenters. The molecule has 7 nitrogen and oxygen atoms in total. The molecule has 0 saturated carbocycles. The molecule has 1 N–H and O–H groups in total. The van der Waals surface area contributed by atoms with Crippen LogP contribution in [-0.2, 0) is 0 Å². The molecule has 1 saturated heterocycles. The fourth-order valence-corrected chi connectivity index (χ4v) is 3.67. The Balaban J connectivity index is 1.50. The van der Waals surface area contributed by atoms with Crippen LogP contribution in [0.3, 0.4) is 0 Å². The lowest BCUT2D eigenvalue weighted by Gasteiger charge is -2.26. The second-order valence-electron chi connectivity index (χ2n) is 7.66. The first-order chi connectivity index (χ1) is 14.5. The highest BCUT2D eigenvalue weighted by Gasteiger charge is 2.20. The molecule has 154 valence electrons. The van der Waals surface area contributed by atoms with Crippen LogP contribution in [0.1, 0.15) is 51.4 Å². The third kappa shape index (κ3) is 4.10. The Labute approximate surface area is 175 Å². The van der Waals surface area contributed by atoms with E-state index in [1.807, 2.05) is 43.0 Å². The largest absolute Gasteiger partial charge is 0.339 e. The molecule has 2 aromatic carbocycles. The standard InChI is InChI=1S/C23H25N5O2/c1-16-9-11-20(12-10-16)28-17(2)21(25-26-28)22(29)24-19-8-6-7-18(15-19)23(30)27-13-4-3-5-14-27/h6-12,15H,3-5,13-14H2,1-2H3,(H,24,29). The Hall–Kier alpha value is -3.48. The first-order valence-electron chi connectivity index (χ1n) is 10.2. The van der Waals surface area contributed by atoms with Crippen molar-refractivity contribution in [3.63, 3.8) is 0 Å². The quantitative estimate of drug-likeness (QED) is 0.719. The molecule has 1 aromatic heterocycles. The number of nitrogens with one attached hydrogen (secondary N) is 1. The molecule has 0 bridgehead atoms. The Morgan fingerprint density at radius 2 is 1.70 bits per heavy atom. The Morgan fingerprint density at radius 1 is 0.967 bits per heavy atom. The van der Waals surface area contributed by atoms with Gasteiger partial charge in [-0.3, -0.25) is 9.59 Å². The fraction of sp³-hybridized carbons (Fsp3) is 0.304. The Bertz CT molecular complexity index is 1070. The van der Waals surface area contributed by atoms with Gasteiger partial charge in [-0.15, -0.1) is 5.10 Å². The minimum Gasteiger partial charge on any atom is -0.339 e. The van der Waals surface area contributed by atoms with E-state index in [1.165, 1.54) is 6.42 Å². The van der Waals surface area contributed by atoms with Gasteiger partial charge >= 0.3 is 0 Å². The number of piperidine rings is 1. The van der Waals surface area contributed by atoms with Gasteiger partial charge in [-0.25, -0.2) is 4.68 Å². The molecule has 2 heterocycles. The zero-order valence-corrected chi connectivity index (χ0v) is 17.3. The van der Waals surface area contributed by atoms with Gasteiger partial charge in [0.25, 0.3) is 11.8 Å². The van der Waals surface area contributed by atoms with Crippen LogP contribution < -0.4 is 5.32 Å². The Morgan fingerprint density at radius 3 is 2.43 bits per heavy atom. The number of nitrogens with zero attached hydrogens (tertiary/aromatic N) is 4. The molecule has 1 fully saturated rings. The van der Waals surface area contributed by atoms with Crippen LogP contribution in [0.4, 0.5) is 5.69 Å². The van der Waals surface area contributed by atoms with E-state index in [0.717, 1.165) is 37.2 Å². The van der Waals surface area contributed by atoms with E-state index >= 15 is 0 Å². The monoisotopic (exact) mass is 403 g/mol. The maximum atomic E-state index is 12.8. The number of hydrogen-bond acceptors (Lipinski definition) is 4. The number of anilines is 1. The average molecular weight is 403 g/mol. The number of benzene rings is 2. The summed E-state index contributed by atoms with van der Waals surface area (Å²) < 4.78 is 1.64. The van der Waals surface area contributed by atoms with E-state index in [9.17, 15) is 9.59 Å². The summed E-state index contributed by atoms with van der Waals surface area (Å²) in [6.45, 7) is 5.40. The SMILES string of the molecule is Cc1ccc(-n2nnc(C(=O)Nc3cccc(C(=O)N4CCCCC4)c3)c2C)cc1. The summed E-state index contributed by atoms with van der Waals surface area (Å²) in [5.74, 6) is -0.347. The zero-order chi connectivity index (χ0) is 21.1. The fourth-order valence-electron chi connectivity index (χ4n) is 3.67. The van der Waals surface area contributed by atoms with Crippen molar-refractivity contribution in [2.75, 3.05) is 18.4 Å². The molecule has 1 aliphatic rings. The number of carbonyl (C=O) groups is 2. The van der Waals surface area contributed by atoms with E-state index < -0.39 is 0 Å². The van der Waals surface area contributed by atoms with Crippen LogP contribution in [0.5, 0.6) is 0 Å². The van der Waals surface area contributed by atoms with E-state index in [1.54, 1.807) is 28.9 Å². The van der Waals surface area contributed by atoms with Gasteiger partial charge in [0.2, 0.25) is 0 Å². The van der Waals surface area contributed by atoms with Gasteiger partial charge in [-0.2, -0.15) is 0 Å². The number of aryl methyl sites for hydroxylation is 1. The van der Waals surface area contributed by atoms with Gasteiger partial charge in [-0.05, 0) is 63.4 Å². The van der Waals surface area contributed by atoms with Crippen LogP contribution in [0.25, 0.3) is 5.69 Å². The maximum Gasteiger partial charge on any atom is 0.278 e. The number of likely N-dealkylation sites (tertiary alicyclic amines) is 1. The summed E-state index contributed by atoms with van der Waals surface area (Å²) in [6.07, 6.45) is 3.25. The summed E-state index contributed by atoms with van der Waals surface area (Å²) in [6, 6.07) is 14.9. The van der Waals surface area contributed by atoms with Crippen molar-refractivity contribution in [2.45, 2.75) is 33.1 Å². The summed E-state index contributed by atoms with van der Waals surface area (Å²) in [4.78, 5) is 27.4. The van der Waals surface area contributed by atoms with Crippen LogP contribution in [0.2, 0.25) is 0 Å². The molecule has 0 unspecified atom stereocenters. The third-order valence-corrected chi connectivity index (χ3v) is 5.40. The van der Waals surface area contributed by atoms with Gasteiger partial charge in [0.05, 0.1) is 11.4 Å². The van der Waals surface area contributed by atoms with Crippen molar-refractivity contribution in [3.05, 3.63) is 71.0 Å². The molecule has 0 aliphatic carbocycles. The lowest BCUT2D eigenvalue weighted by atomic mass is 10.1. The highest BCUT2D eigenvalue weighted by atomic mass is 16.2. The average Bonchev–Trinajstić information content (AvgIpc) is 3.16. The second kappa shape index (κ2) is 8.49. The van der Waals surface area contributed by atoms with E-state index in [2.05, 4.69) is 15.6 Å². The molecule has 30 heavy (non-hydrogen) atoms. The van der Waals surface area contributed by atoms with Crippen molar-refractivity contribution < 1.29 is 9.59 Å². The summed E-state index contributed by atoms with van der Waals surface area (Å²) in [5, 5.41) is 11.0. The van der Waals surface area contributed by atoms with E-state index in [0.29, 0.717) is 16.9 Å². The number of aromatic nitrogens is 3. The predicted molar refractivity (Wildman–Crippen MR) is 115 cm³/mol. The zero-order valence-electron chi connectivity index (χ0n) is 17.3. The van der Waals surface area contributed by atoms with Gasteiger partial charge in [0.15, 0.2) is 5.69 Å². The van der Waals surface area contributed by atoms with Gasteiger partial charge in [0, 0.05) is 24.3 Å². The molecular formula is C23H25N5O2. The number of rotatable bonds is 4. The van der Waals surface area contributed by atoms with E-state index in [-0.39, 0.29) is 17.5 Å². The Kier molecular flexibility index (Phi) is 5.61.